The Kier molecular flexibility index (Phi) is 7.47. The van der Waals surface area contributed by atoms with Crippen molar-refractivity contribution in [3.05, 3.63) is 18.0 Å². The predicted molar refractivity (Wildman–Crippen MR) is 74.9 cm³/mol. The van der Waals surface area contributed by atoms with Gasteiger partial charge in [0.15, 0.2) is 0 Å². The third kappa shape index (κ3) is 5.42. The molecule has 2 N–H and O–H groups in total. The fraction of sp³-hybridized carbons (Fsp3) is 0.692. The molecule has 0 unspecified atom stereocenters. The van der Waals surface area contributed by atoms with Crippen LogP contribution in [-0.2, 0) is 0 Å². The quantitative estimate of drug-likeness (QED) is 0.791. The van der Waals surface area contributed by atoms with E-state index in [4.69, 9.17) is 0 Å². The minimum atomic E-state index is -0.344. The molecule has 0 radical (unpaired) electrons. The molecule has 0 saturated carbocycles. The van der Waals surface area contributed by atoms with Crippen LogP contribution >= 0.6 is 0 Å². The van der Waals surface area contributed by atoms with Crippen molar-refractivity contribution in [1.29, 1.82) is 0 Å². The largest absolute Gasteiger partial charge is 0.352 e. The van der Waals surface area contributed by atoms with Gasteiger partial charge in [0.25, 0.3) is 0 Å². The van der Waals surface area contributed by atoms with Crippen molar-refractivity contribution in [3.63, 3.8) is 0 Å². The highest BCUT2D eigenvalue weighted by Crippen LogP contribution is 2.12. The molecule has 0 aliphatic carbocycles. The van der Waals surface area contributed by atoms with Crippen LogP contribution in [-0.4, -0.2) is 38.9 Å². The molecule has 0 spiro atoms. The fourth-order valence-corrected chi connectivity index (χ4v) is 1.30. The number of likely N-dealkylation sites (N-methyl/N-ethyl adjacent to an activating group) is 1. The van der Waals surface area contributed by atoms with Crippen LogP contribution in [0.2, 0.25) is 0 Å². The Bertz CT molecular complexity index is 324. The Hall–Kier alpha value is -1.20. The number of hydroxylamine groups is 2. The van der Waals surface area contributed by atoms with Gasteiger partial charge in [0.05, 0.1) is 5.54 Å². The van der Waals surface area contributed by atoms with Gasteiger partial charge in [-0.25, -0.2) is 9.97 Å². The first-order chi connectivity index (χ1) is 8.45. The Labute approximate surface area is 110 Å². The van der Waals surface area contributed by atoms with Crippen LogP contribution in [0.25, 0.3) is 0 Å². The van der Waals surface area contributed by atoms with Gasteiger partial charge in [-0.3, -0.25) is 0 Å². The zero-order chi connectivity index (χ0) is 14.2. The molecule has 1 rings (SSSR count). The molecule has 1 aromatic rings. The lowest BCUT2D eigenvalue weighted by Gasteiger charge is -2.32. The van der Waals surface area contributed by atoms with Crippen LogP contribution in [0.5, 0.6) is 0 Å². The summed E-state index contributed by atoms with van der Waals surface area (Å²) in [6.45, 7) is 12.9. The third-order valence-corrected chi connectivity index (χ3v) is 2.46. The Morgan fingerprint density at radius 2 is 1.78 bits per heavy atom. The summed E-state index contributed by atoms with van der Waals surface area (Å²) >= 11 is 0. The van der Waals surface area contributed by atoms with Gasteiger partial charge in [-0.15, -0.1) is 0 Å². The second-order valence-electron chi connectivity index (χ2n) is 4.47. The van der Waals surface area contributed by atoms with E-state index >= 15 is 0 Å². The lowest BCUT2D eigenvalue weighted by molar-refractivity contribution is -0.153. The fourth-order valence-electron chi connectivity index (χ4n) is 1.30. The highest BCUT2D eigenvalue weighted by atomic mass is 16.5. The van der Waals surface area contributed by atoms with Crippen molar-refractivity contribution in [1.82, 2.24) is 15.0 Å². The van der Waals surface area contributed by atoms with E-state index in [9.17, 15) is 5.21 Å². The van der Waals surface area contributed by atoms with Gasteiger partial charge in [0.2, 0.25) is 5.95 Å². The predicted octanol–water partition coefficient (Wildman–Crippen LogP) is 2.71. The molecule has 104 valence electrons. The Morgan fingerprint density at radius 1 is 1.28 bits per heavy atom. The summed E-state index contributed by atoms with van der Waals surface area (Å²) in [5.41, 5.74) is 0.686. The standard InChI is InChI=1S/C11H20N4O.C2H6/c1-5-15(16)11(3,4)8-14-10-12-6-9(2)7-13-10;1-2/h6-7,16H,5,8H2,1-4H3,(H,12,13,14);1-2H3. The molecule has 0 fully saturated rings. The first-order valence-electron chi connectivity index (χ1n) is 6.45. The number of hydrogen-bond donors (Lipinski definition) is 2. The minimum Gasteiger partial charge on any atom is -0.352 e. The summed E-state index contributed by atoms with van der Waals surface area (Å²) < 4.78 is 0. The molecule has 0 aliphatic rings. The van der Waals surface area contributed by atoms with Crippen molar-refractivity contribution in [2.24, 2.45) is 0 Å². The zero-order valence-electron chi connectivity index (χ0n) is 12.4. The van der Waals surface area contributed by atoms with E-state index in [0.717, 1.165) is 5.56 Å². The lowest BCUT2D eigenvalue weighted by Crippen LogP contribution is -2.46. The Balaban J connectivity index is 0.00000137. The van der Waals surface area contributed by atoms with Crippen LogP contribution in [0, 0.1) is 6.92 Å². The van der Waals surface area contributed by atoms with Crippen LogP contribution in [0.15, 0.2) is 12.4 Å². The van der Waals surface area contributed by atoms with Crippen LogP contribution in [0.4, 0.5) is 5.95 Å². The minimum absolute atomic E-state index is 0.344. The summed E-state index contributed by atoms with van der Waals surface area (Å²) in [5.74, 6) is 0.586. The molecule has 0 aromatic carbocycles. The maximum absolute atomic E-state index is 9.66. The van der Waals surface area contributed by atoms with Crippen molar-refractivity contribution in [3.8, 4) is 0 Å². The number of anilines is 1. The van der Waals surface area contributed by atoms with Gasteiger partial charge in [-0.1, -0.05) is 20.8 Å². The summed E-state index contributed by atoms with van der Waals surface area (Å²) in [7, 11) is 0. The Morgan fingerprint density at radius 3 is 2.22 bits per heavy atom. The van der Waals surface area contributed by atoms with E-state index in [1.807, 2.05) is 41.5 Å². The molecule has 1 heterocycles. The van der Waals surface area contributed by atoms with Gasteiger partial charge < -0.3 is 10.5 Å². The molecule has 0 bridgehead atoms. The van der Waals surface area contributed by atoms with Gasteiger partial charge in [-0.2, -0.15) is 5.06 Å². The smallest absolute Gasteiger partial charge is 0.222 e. The summed E-state index contributed by atoms with van der Waals surface area (Å²) in [4.78, 5) is 8.29. The van der Waals surface area contributed by atoms with Crippen LogP contribution < -0.4 is 5.32 Å². The second-order valence-corrected chi connectivity index (χ2v) is 4.47. The number of nitrogens with one attached hydrogen (secondary N) is 1. The topological polar surface area (TPSA) is 61.3 Å². The monoisotopic (exact) mass is 254 g/mol. The molecule has 18 heavy (non-hydrogen) atoms. The third-order valence-electron chi connectivity index (χ3n) is 2.46. The summed E-state index contributed by atoms with van der Waals surface area (Å²) in [5, 5.41) is 14.1. The highest BCUT2D eigenvalue weighted by molar-refractivity contribution is 5.25. The summed E-state index contributed by atoms with van der Waals surface area (Å²) in [6, 6.07) is 0. The number of aromatic nitrogens is 2. The van der Waals surface area contributed by atoms with Crippen molar-refractivity contribution in [2.45, 2.75) is 47.1 Å². The average Bonchev–Trinajstić information content (AvgIpc) is 2.39. The van der Waals surface area contributed by atoms with E-state index in [1.165, 1.54) is 5.06 Å². The van der Waals surface area contributed by atoms with E-state index in [1.54, 1.807) is 12.4 Å². The molecule has 0 aliphatic heterocycles. The first kappa shape index (κ1) is 16.8. The SMILES string of the molecule is CC.CCN(O)C(C)(C)CNc1ncc(C)cn1. The van der Waals surface area contributed by atoms with Gasteiger partial charge in [0, 0.05) is 25.5 Å². The number of aryl methyl sites for hydroxylation is 1. The van der Waals surface area contributed by atoms with E-state index in [0.29, 0.717) is 19.0 Å². The molecule has 0 atom stereocenters. The number of rotatable bonds is 5. The van der Waals surface area contributed by atoms with E-state index in [-0.39, 0.29) is 5.54 Å². The lowest BCUT2D eigenvalue weighted by atomic mass is 10.1. The van der Waals surface area contributed by atoms with Gasteiger partial charge >= 0.3 is 0 Å². The average molecular weight is 254 g/mol. The second kappa shape index (κ2) is 8.00. The molecule has 5 nitrogen and oxygen atoms in total. The molecule has 1 aromatic heterocycles. The van der Waals surface area contributed by atoms with Crippen LogP contribution in [0.1, 0.15) is 40.2 Å². The van der Waals surface area contributed by atoms with Crippen molar-refractivity contribution in [2.75, 3.05) is 18.4 Å². The normalized spacial score (nSPS) is 10.9. The highest BCUT2D eigenvalue weighted by Gasteiger charge is 2.24. The first-order valence-corrected chi connectivity index (χ1v) is 6.45. The zero-order valence-corrected chi connectivity index (χ0v) is 12.4. The molecule has 5 heteroatoms. The van der Waals surface area contributed by atoms with Gasteiger partial charge in [0.1, 0.15) is 0 Å². The van der Waals surface area contributed by atoms with Crippen LogP contribution in [0.3, 0.4) is 0 Å². The number of nitrogens with zero attached hydrogens (tertiary/aromatic N) is 3. The molecule has 0 amide bonds. The van der Waals surface area contributed by atoms with E-state index in [2.05, 4.69) is 15.3 Å². The number of hydrogen-bond acceptors (Lipinski definition) is 5. The van der Waals surface area contributed by atoms with Gasteiger partial charge in [-0.05, 0) is 26.3 Å². The molecular formula is C13H26N4O. The molecular weight excluding hydrogens is 228 g/mol. The summed E-state index contributed by atoms with van der Waals surface area (Å²) in [6.07, 6.45) is 3.53. The maximum atomic E-state index is 9.66. The molecule has 0 saturated heterocycles. The maximum Gasteiger partial charge on any atom is 0.222 e. The van der Waals surface area contributed by atoms with E-state index < -0.39 is 0 Å². The van der Waals surface area contributed by atoms with Crippen molar-refractivity contribution >= 4 is 5.95 Å². The van der Waals surface area contributed by atoms with Crippen molar-refractivity contribution < 1.29 is 5.21 Å².